The zero-order valence-electron chi connectivity index (χ0n) is 15.2. The van der Waals surface area contributed by atoms with Crippen molar-refractivity contribution < 1.29 is 4.39 Å². The topological polar surface area (TPSA) is 23.9 Å². The molecule has 0 amide bonds. The van der Waals surface area contributed by atoms with E-state index in [4.69, 9.17) is 5.41 Å². The monoisotopic (exact) mass is 315 g/mol. The van der Waals surface area contributed by atoms with Crippen LogP contribution in [0.2, 0.25) is 0 Å². The molecular weight excluding hydrogens is 285 g/mol. The summed E-state index contributed by atoms with van der Waals surface area (Å²) in [6.45, 7) is 10.3. The van der Waals surface area contributed by atoms with E-state index in [9.17, 15) is 4.39 Å². The number of halogens is 1. The fourth-order valence-electron chi connectivity index (χ4n) is 2.68. The molecule has 0 saturated heterocycles. The van der Waals surface area contributed by atoms with E-state index >= 15 is 0 Å². The first-order valence-electron chi connectivity index (χ1n) is 8.67. The second-order valence-electron chi connectivity index (χ2n) is 6.21. The van der Waals surface area contributed by atoms with Gasteiger partial charge in [0, 0.05) is 11.5 Å². The summed E-state index contributed by atoms with van der Waals surface area (Å²) < 4.78 is 14.3. The van der Waals surface area contributed by atoms with Crippen molar-refractivity contribution in [3.63, 3.8) is 0 Å². The van der Waals surface area contributed by atoms with Gasteiger partial charge in [-0.15, -0.1) is 0 Å². The van der Waals surface area contributed by atoms with Crippen molar-refractivity contribution in [1.29, 1.82) is 5.41 Å². The van der Waals surface area contributed by atoms with Crippen molar-refractivity contribution in [1.82, 2.24) is 0 Å². The van der Waals surface area contributed by atoms with Crippen LogP contribution < -0.4 is 0 Å². The average molecular weight is 315 g/mol. The van der Waals surface area contributed by atoms with Crippen molar-refractivity contribution in [3.05, 3.63) is 58.5 Å². The largest absolute Gasteiger partial charge is 0.300 e. The Labute approximate surface area is 140 Å². The SMILES string of the molecule is CCC=C1/C=C\C=C(\C)C(=N)C2=C(F)C=C(C)CC12.CCCC. The fraction of sp³-hybridized carbons (Fsp3) is 0.476. The molecular formula is C21H30FN. The standard InChI is InChI=1S/C17H20FN.C4H10/c1-4-6-13-8-5-7-12(3)17(19)16-14(13)9-11(2)10-15(16)18;1-3-4-2/h5-8,10,14,19H,4,9H2,1-3H3;3-4H2,1-2H3/b8-5-,12-7-,13-6?,19-17?;. The molecule has 0 saturated carbocycles. The molecule has 126 valence electrons. The van der Waals surface area contributed by atoms with Crippen LogP contribution in [0.15, 0.2) is 58.5 Å². The number of hydrogen-bond acceptors (Lipinski definition) is 1. The first-order valence-corrected chi connectivity index (χ1v) is 8.67. The lowest BCUT2D eigenvalue weighted by atomic mass is 9.77. The minimum absolute atomic E-state index is 0.0163. The van der Waals surface area contributed by atoms with Gasteiger partial charge in [-0.2, -0.15) is 0 Å². The van der Waals surface area contributed by atoms with E-state index in [0.717, 1.165) is 29.6 Å². The predicted molar refractivity (Wildman–Crippen MR) is 99.6 cm³/mol. The number of unbranched alkanes of at least 4 members (excludes halogenated alkanes) is 1. The lowest BCUT2D eigenvalue weighted by molar-refractivity contribution is 0.603. The Morgan fingerprint density at radius 1 is 1.22 bits per heavy atom. The maximum Gasteiger partial charge on any atom is 0.129 e. The summed E-state index contributed by atoms with van der Waals surface area (Å²) in [5.41, 5.74) is 3.85. The quantitative estimate of drug-likeness (QED) is 0.576. The van der Waals surface area contributed by atoms with Crippen LogP contribution in [-0.4, -0.2) is 5.71 Å². The van der Waals surface area contributed by atoms with E-state index in [1.807, 2.05) is 26.0 Å². The Bertz CT molecular complexity index is 583. The minimum Gasteiger partial charge on any atom is -0.300 e. The molecule has 0 aliphatic heterocycles. The molecule has 0 bridgehead atoms. The molecule has 2 heteroatoms. The summed E-state index contributed by atoms with van der Waals surface area (Å²) in [5.74, 6) is -0.263. The molecule has 0 fully saturated rings. The third kappa shape index (κ3) is 5.16. The third-order valence-electron chi connectivity index (χ3n) is 4.15. The third-order valence-corrected chi connectivity index (χ3v) is 4.15. The average Bonchev–Trinajstić information content (AvgIpc) is 2.52. The Morgan fingerprint density at radius 2 is 1.87 bits per heavy atom. The van der Waals surface area contributed by atoms with Gasteiger partial charge in [-0.25, -0.2) is 4.39 Å². The van der Waals surface area contributed by atoms with Crippen molar-refractivity contribution in [2.75, 3.05) is 0 Å². The Kier molecular flexibility index (Phi) is 7.94. The summed E-state index contributed by atoms with van der Waals surface area (Å²) in [7, 11) is 0. The first-order chi connectivity index (χ1) is 11.0. The maximum absolute atomic E-state index is 14.3. The summed E-state index contributed by atoms with van der Waals surface area (Å²) in [6.07, 6.45) is 14.0. The molecule has 1 nitrogen and oxygen atoms in total. The molecule has 1 unspecified atom stereocenters. The van der Waals surface area contributed by atoms with Gasteiger partial charge >= 0.3 is 0 Å². The van der Waals surface area contributed by atoms with Crippen molar-refractivity contribution >= 4 is 5.71 Å². The molecule has 0 aromatic rings. The Balaban J connectivity index is 0.000000593. The van der Waals surface area contributed by atoms with E-state index in [1.54, 1.807) is 6.08 Å². The summed E-state index contributed by atoms with van der Waals surface area (Å²) in [6, 6.07) is 0. The van der Waals surface area contributed by atoms with Crippen LogP contribution in [0.4, 0.5) is 4.39 Å². The second kappa shape index (κ2) is 9.44. The van der Waals surface area contributed by atoms with Gasteiger partial charge in [0.2, 0.25) is 0 Å². The van der Waals surface area contributed by atoms with Crippen LogP contribution in [0.3, 0.4) is 0 Å². The lowest BCUT2D eigenvalue weighted by Crippen LogP contribution is -2.20. The molecule has 0 spiro atoms. The van der Waals surface area contributed by atoms with Gasteiger partial charge in [0.05, 0.1) is 5.71 Å². The molecule has 0 aromatic heterocycles. The highest BCUT2D eigenvalue weighted by atomic mass is 19.1. The molecule has 0 radical (unpaired) electrons. The van der Waals surface area contributed by atoms with Gasteiger partial charge < -0.3 is 5.41 Å². The van der Waals surface area contributed by atoms with Crippen LogP contribution in [0.25, 0.3) is 0 Å². The molecule has 1 atom stereocenters. The normalized spacial score (nSPS) is 26.3. The van der Waals surface area contributed by atoms with Crippen LogP contribution in [0.5, 0.6) is 0 Å². The van der Waals surface area contributed by atoms with Gasteiger partial charge in [0.15, 0.2) is 0 Å². The van der Waals surface area contributed by atoms with Gasteiger partial charge in [-0.3, -0.25) is 0 Å². The molecule has 2 aliphatic rings. The van der Waals surface area contributed by atoms with Crippen LogP contribution in [0, 0.1) is 11.3 Å². The van der Waals surface area contributed by atoms with E-state index in [1.165, 1.54) is 12.8 Å². The minimum atomic E-state index is -0.246. The highest BCUT2D eigenvalue weighted by Crippen LogP contribution is 2.38. The summed E-state index contributed by atoms with van der Waals surface area (Å²) in [5, 5.41) is 8.22. The second-order valence-corrected chi connectivity index (χ2v) is 6.21. The van der Waals surface area contributed by atoms with Gasteiger partial charge in [-0.05, 0) is 43.9 Å². The number of hydrogen-bond donors (Lipinski definition) is 1. The molecule has 0 heterocycles. The first kappa shape index (κ1) is 19.3. The summed E-state index contributed by atoms with van der Waals surface area (Å²) in [4.78, 5) is 0. The van der Waals surface area contributed by atoms with Crippen LogP contribution in [0.1, 0.15) is 60.3 Å². The van der Waals surface area contributed by atoms with E-state index < -0.39 is 0 Å². The zero-order chi connectivity index (χ0) is 17.4. The van der Waals surface area contributed by atoms with Crippen molar-refractivity contribution in [2.24, 2.45) is 5.92 Å². The maximum atomic E-state index is 14.3. The van der Waals surface area contributed by atoms with Gasteiger partial charge in [0.25, 0.3) is 0 Å². The Hall–Kier alpha value is -1.70. The molecule has 2 aliphatic carbocycles. The molecule has 0 aromatic carbocycles. The van der Waals surface area contributed by atoms with E-state index in [-0.39, 0.29) is 11.7 Å². The smallest absolute Gasteiger partial charge is 0.129 e. The highest BCUT2D eigenvalue weighted by molar-refractivity contribution is 6.11. The number of fused-ring (bicyclic) bond motifs is 1. The number of rotatable bonds is 2. The van der Waals surface area contributed by atoms with Crippen molar-refractivity contribution in [2.45, 2.75) is 60.3 Å². The Morgan fingerprint density at radius 3 is 2.43 bits per heavy atom. The molecule has 2 rings (SSSR count). The lowest BCUT2D eigenvalue weighted by Gasteiger charge is -2.28. The molecule has 23 heavy (non-hydrogen) atoms. The fourth-order valence-corrected chi connectivity index (χ4v) is 2.68. The molecule has 1 N–H and O–H groups in total. The number of allylic oxidation sites excluding steroid dienone is 10. The van der Waals surface area contributed by atoms with Crippen molar-refractivity contribution in [3.8, 4) is 0 Å². The van der Waals surface area contributed by atoms with Gasteiger partial charge in [0.1, 0.15) is 5.83 Å². The van der Waals surface area contributed by atoms with Crippen LogP contribution in [-0.2, 0) is 0 Å². The van der Waals surface area contributed by atoms with E-state index in [2.05, 4.69) is 32.9 Å². The highest BCUT2D eigenvalue weighted by Gasteiger charge is 2.29. The predicted octanol–water partition coefficient (Wildman–Crippen LogP) is 6.85. The zero-order valence-corrected chi connectivity index (χ0v) is 15.2. The van der Waals surface area contributed by atoms with E-state index in [0.29, 0.717) is 11.3 Å². The van der Waals surface area contributed by atoms with Crippen LogP contribution >= 0.6 is 0 Å². The number of nitrogens with one attached hydrogen (secondary N) is 1. The summed E-state index contributed by atoms with van der Waals surface area (Å²) >= 11 is 0. The van der Waals surface area contributed by atoms with Gasteiger partial charge in [-0.1, -0.05) is 63.5 Å².